The standard InChI is InChI=1S/C7H7NO2S/c9-7(10)6-1-5(4-11)2-8-3-6/h1-3,11H,4H2,(H,9,10). The lowest BCUT2D eigenvalue weighted by Gasteiger charge is -1.95. The van der Waals surface area contributed by atoms with Crippen molar-refractivity contribution in [2.24, 2.45) is 0 Å². The van der Waals surface area contributed by atoms with Crippen LogP contribution in [-0.2, 0) is 5.75 Å². The van der Waals surface area contributed by atoms with E-state index in [1.807, 2.05) is 0 Å². The first-order chi connectivity index (χ1) is 5.24. The second kappa shape index (κ2) is 3.39. The summed E-state index contributed by atoms with van der Waals surface area (Å²) in [7, 11) is 0. The Morgan fingerprint density at radius 1 is 1.64 bits per heavy atom. The lowest BCUT2D eigenvalue weighted by molar-refractivity contribution is 0.0696. The van der Waals surface area contributed by atoms with E-state index >= 15 is 0 Å². The third kappa shape index (κ3) is 1.94. The smallest absolute Gasteiger partial charge is 0.337 e. The summed E-state index contributed by atoms with van der Waals surface area (Å²) in [6, 6.07) is 1.56. The second-order valence-electron chi connectivity index (χ2n) is 2.05. The van der Waals surface area contributed by atoms with Crippen LogP contribution in [0.4, 0.5) is 0 Å². The Labute approximate surface area is 69.5 Å². The molecule has 0 aliphatic heterocycles. The molecule has 0 bridgehead atoms. The molecular weight excluding hydrogens is 162 g/mol. The van der Waals surface area contributed by atoms with Crippen LogP contribution in [0.25, 0.3) is 0 Å². The van der Waals surface area contributed by atoms with E-state index in [9.17, 15) is 4.79 Å². The molecule has 0 saturated carbocycles. The van der Waals surface area contributed by atoms with Crippen LogP contribution in [0.2, 0.25) is 0 Å². The van der Waals surface area contributed by atoms with Gasteiger partial charge in [-0.3, -0.25) is 4.98 Å². The van der Waals surface area contributed by atoms with Gasteiger partial charge in [-0.2, -0.15) is 12.6 Å². The maximum Gasteiger partial charge on any atom is 0.337 e. The number of thiol groups is 1. The van der Waals surface area contributed by atoms with Crippen molar-refractivity contribution in [3.63, 3.8) is 0 Å². The molecule has 3 nitrogen and oxygen atoms in total. The maximum atomic E-state index is 10.4. The molecule has 0 amide bonds. The number of nitrogens with zero attached hydrogens (tertiary/aromatic N) is 1. The van der Waals surface area contributed by atoms with Gasteiger partial charge in [-0.1, -0.05) is 0 Å². The lowest BCUT2D eigenvalue weighted by Crippen LogP contribution is -1.97. The normalized spacial score (nSPS) is 9.55. The quantitative estimate of drug-likeness (QED) is 0.654. The Kier molecular flexibility index (Phi) is 2.48. The molecule has 0 saturated heterocycles. The number of pyridine rings is 1. The molecule has 1 rings (SSSR count). The maximum absolute atomic E-state index is 10.4. The summed E-state index contributed by atoms with van der Waals surface area (Å²) in [5, 5.41) is 8.54. The van der Waals surface area contributed by atoms with Crippen molar-refractivity contribution in [2.75, 3.05) is 0 Å². The fourth-order valence-corrected chi connectivity index (χ4v) is 0.864. The first kappa shape index (κ1) is 8.07. The van der Waals surface area contributed by atoms with Crippen molar-refractivity contribution in [1.82, 2.24) is 4.98 Å². The van der Waals surface area contributed by atoms with Crippen LogP contribution in [0.3, 0.4) is 0 Å². The highest BCUT2D eigenvalue weighted by atomic mass is 32.1. The zero-order chi connectivity index (χ0) is 8.27. The second-order valence-corrected chi connectivity index (χ2v) is 2.36. The van der Waals surface area contributed by atoms with Gasteiger partial charge in [0.1, 0.15) is 0 Å². The van der Waals surface area contributed by atoms with Gasteiger partial charge in [0, 0.05) is 18.1 Å². The molecule has 11 heavy (non-hydrogen) atoms. The van der Waals surface area contributed by atoms with Crippen LogP contribution < -0.4 is 0 Å². The number of aromatic carboxylic acids is 1. The molecule has 0 aliphatic rings. The van der Waals surface area contributed by atoms with E-state index in [0.717, 1.165) is 5.56 Å². The Balaban J connectivity index is 3.01. The Morgan fingerprint density at radius 2 is 2.36 bits per heavy atom. The number of carbonyl (C=O) groups is 1. The van der Waals surface area contributed by atoms with Crippen LogP contribution >= 0.6 is 12.6 Å². The third-order valence-electron chi connectivity index (χ3n) is 1.22. The van der Waals surface area contributed by atoms with Gasteiger partial charge >= 0.3 is 5.97 Å². The monoisotopic (exact) mass is 169 g/mol. The lowest BCUT2D eigenvalue weighted by atomic mass is 10.2. The summed E-state index contributed by atoms with van der Waals surface area (Å²) < 4.78 is 0. The SMILES string of the molecule is O=C(O)c1cncc(CS)c1. The third-order valence-corrected chi connectivity index (χ3v) is 1.59. The first-order valence-corrected chi connectivity index (χ1v) is 3.65. The molecule has 0 fully saturated rings. The van der Waals surface area contributed by atoms with Crippen molar-refractivity contribution in [2.45, 2.75) is 5.75 Å². The van der Waals surface area contributed by atoms with Crippen LogP contribution in [0.15, 0.2) is 18.5 Å². The van der Waals surface area contributed by atoms with Gasteiger partial charge in [-0.15, -0.1) is 0 Å². The molecule has 4 heteroatoms. The Bertz CT molecular complexity index is 275. The molecule has 0 aromatic carbocycles. The first-order valence-electron chi connectivity index (χ1n) is 3.02. The van der Waals surface area contributed by atoms with Crippen LogP contribution in [0.5, 0.6) is 0 Å². The average Bonchev–Trinajstić information content (AvgIpc) is 2.05. The summed E-state index contributed by atoms with van der Waals surface area (Å²) in [5.74, 6) is -0.449. The predicted molar refractivity (Wildman–Crippen MR) is 43.9 cm³/mol. The largest absolute Gasteiger partial charge is 0.478 e. The molecule has 0 radical (unpaired) electrons. The van der Waals surface area contributed by atoms with E-state index in [-0.39, 0.29) is 5.56 Å². The van der Waals surface area contributed by atoms with E-state index in [1.54, 1.807) is 12.3 Å². The number of aromatic nitrogens is 1. The highest BCUT2D eigenvalue weighted by molar-refractivity contribution is 7.79. The van der Waals surface area contributed by atoms with E-state index < -0.39 is 5.97 Å². The fourth-order valence-electron chi connectivity index (χ4n) is 0.691. The van der Waals surface area contributed by atoms with Crippen molar-refractivity contribution >= 4 is 18.6 Å². The zero-order valence-corrected chi connectivity index (χ0v) is 6.58. The van der Waals surface area contributed by atoms with Crippen LogP contribution in [-0.4, -0.2) is 16.1 Å². The number of rotatable bonds is 2. The summed E-state index contributed by atoms with van der Waals surface area (Å²) in [4.78, 5) is 14.2. The van der Waals surface area contributed by atoms with Crippen LogP contribution in [0, 0.1) is 0 Å². The predicted octanol–water partition coefficient (Wildman–Crippen LogP) is 1.21. The van der Waals surface area contributed by atoms with Gasteiger partial charge in [0.15, 0.2) is 0 Å². The molecule has 1 heterocycles. The number of hydrogen-bond acceptors (Lipinski definition) is 3. The minimum Gasteiger partial charge on any atom is -0.478 e. The molecular formula is C7H7NO2S. The molecule has 0 aliphatic carbocycles. The Hall–Kier alpha value is -1.03. The molecule has 0 atom stereocenters. The minimum absolute atomic E-state index is 0.205. The summed E-state index contributed by atoms with van der Waals surface area (Å²) >= 11 is 3.99. The van der Waals surface area contributed by atoms with Gasteiger partial charge in [-0.25, -0.2) is 4.79 Å². The van der Waals surface area contributed by atoms with Crippen LogP contribution in [0.1, 0.15) is 15.9 Å². The number of carboxylic acid groups (broad SMARTS) is 1. The fraction of sp³-hybridized carbons (Fsp3) is 0.143. The highest BCUT2D eigenvalue weighted by Gasteiger charge is 2.02. The van der Waals surface area contributed by atoms with E-state index in [1.165, 1.54) is 6.20 Å². The van der Waals surface area contributed by atoms with Crippen molar-refractivity contribution < 1.29 is 9.90 Å². The number of carboxylic acids is 1. The summed E-state index contributed by atoms with van der Waals surface area (Å²) in [6.07, 6.45) is 2.91. The molecule has 1 aromatic heterocycles. The summed E-state index contributed by atoms with van der Waals surface area (Å²) in [6.45, 7) is 0. The van der Waals surface area contributed by atoms with E-state index in [2.05, 4.69) is 17.6 Å². The molecule has 58 valence electrons. The molecule has 1 N–H and O–H groups in total. The van der Waals surface area contributed by atoms with E-state index in [4.69, 9.17) is 5.11 Å². The van der Waals surface area contributed by atoms with Gasteiger partial charge in [-0.05, 0) is 11.6 Å². The van der Waals surface area contributed by atoms with Crippen molar-refractivity contribution in [3.8, 4) is 0 Å². The number of hydrogen-bond donors (Lipinski definition) is 2. The molecule has 0 spiro atoms. The molecule has 1 aromatic rings. The average molecular weight is 169 g/mol. The molecule has 0 unspecified atom stereocenters. The van der Waals surface area contributed by atoms with Crippen molar-refractivity contribution in [1.29, 1.82) is 0 Å². The summed E-state index contributed by atoms with van der Waals surface area (Å²) in [5.41, 5.74) is 1.02. The zero-order valence-electron chi connectivity index (χ0n) is 5.69. The van der Waals surface area contributed by atoms with Gasteiger partial charge in [0.25, 0.3) is 0 Å². The Morgan fingerprint density at radius 3 is 2.91 bits per heavy atom. The van der Waals surface area contributed by atoms with Gasteiger partial charge in [0.05, 0.1) is 5.56 Å². The van der Waals surface area contributed by atoms with Gasteiger partial charge in [0.2, 0.25) is 0 Å². The minimum atomic E-state index is -0.957. The topological polar surface area (TPSA) is 50.2 Å². The van der Waals surface area contributed by atoms with Crippen molar-refractivity contribution in [3.05, 3.63) is 29.6 Å². The van der Waals surface area contributed by atoms with Gasteiger partial charge < -0.3 is 5.11 Å². The highest BCUT2D eigenvalue weighted by Crippen LogP contribution is 2.04. The van der Waals surface area contributed by atoms with E-state index in [0.29, 0.717) is 5.75 Å².